The van der Waals surface area contributed by atoms with Crippen LogP contribution in [0.3, 0.4) is 0 Å². The van der Waals surface area contributed by atoms with Crippen molar-refractivity contribution >= 4 is 21.8 Å². The predicted molar refractivity (Wildman–Crippen MR) is 130 cm³/mol. The van der Waals surface area contributed by atoms with E-state index in [2.05, 4.69) is 5.32 Å². The number of nitrogens with one attached hydrogen (secondary N) is 1. The van der Waals surface area contributed by atoms with Crippen LogP contribution in [0.25, 0.3) is 0 Å². The Morgan fingerprint density at radius 3 is 2.34 bits per heavy atom. The molecule has 35 heavy (non-hydrogen) atoms. The Kier molecular flexibility index (Phi) is 9.36. The van der Waals surface area contributed by atoms with Crippen LogP contribution in [0.15, 0.2) is 54.6 Å². The highest BCUT2D eigenvalue weighted by Gasteiger charge is 2.30. The molecule has 0 spiro atoms. The van der Waals surface area contributed by atoms with Crippen molar-refractivity contribution in [3.63, 3.8) is 0 Å². The molecule has 1 saturated heterocycles. The maximum absolute atomic E-state index is 13.4. The van der Waals surface area contributed by atoms with Crippen molar-refractivity contribution in [1.82, 2.24) is 14.5 Å². The van der Waals surface area contributed by atoms with E-state index in [9.17, 15) is 22.4 Å². The average Bonchev–Trinajstić information content (AvgIpc) is 3.35. The van der Waals surface area contributed by atoms with E-state index in [4.69, 9.17) is 4.74 Å². The van der Waals surface area contributed by atoms with Crippen LogP contribution in [0.5, 0.6) is 0 Å². The van der Waals surface area contributed by atoms with E-state index in [0.29, 0.717) is 18.7 Å². The van der Waals surface area contributed by atoms with Gasteiger partial charge in [-0.2, -0.15) is 4.31 Å². The van der Waals surface area contributed by atoms with Gasteiger partial charge in [0.15, 0.2) is 0 Å². The van der Waals surface area contributed by atoms with Crippen molar-refractivity contribution in [3.05, 3.63) is 71.5 Å². The minimum atomic E-state index is -3.72. The zero-order chi connectivity index (χ0) is 25.4. The second-order valence-electron chi connectivity index (χ2n) is 8.72. The summed E-state index contributed by atoms with van der Waals surface area (Å²) < 4.78 is 44.9. The first-order valence-corrected chi connectivity index (χ1v) is 13.4. The third kappa shape index (κ3) is 8.12. The summed E-state index contributed by atoms with van der Waals surface area (Å²) in [4.78, 5) is 27.6. The Bertz CT molecular complexity index is 1090. The van der Waals surface area contributed by atoms with E-state index in [1.807, 2.05) is 6.07 Å². The minimum absolute atomic E-state index is 0.0232. The molecule has 0 aromatic heterocycles. The van der Waals surface area contributed by atoms with E-state index in [0.717, 1.165) is 29.0 Å². The number of rotatable bonds is 11. The first kappa shape index (κ1) is 26.8. The molecule has 1 aliphatic heterocycles. The van der Waals surface area contributed by atoms with Gasteiger partial charge in [0.05, 0.1) is 18.9 Å². The predicted octanol–water partition coefficient (Wildman–Crippen LogP) is 2.30. The SMILES string of the molecule is CC(C(=O)NCC1CCCO1)N(Cc1ccc(F)cc1)C(=O)CN(Cc1ccccc1)S(C)(=O)=O. The molecule has 190 valence electrons. The summed E-state index contributed by atoms with van der Waals surface area (Å²) in [5, 5.41) is 2.83. The van der Waals surface area contributed by atoms with E-state index in [1.54, 1.807) is 31.2 Å². The lowest BCUT2D eigenvalue weighted by Gasteiger charge is -2.31. The Morgan fingerprint density at radius 1 is 1.09 bits per heavy atom. The number of carbonyl (C=O) groups is 2. The number of hydrogen-bond donors (Lipinski definition) is 1. The molecule has 2 aromatic carbocycles. The summed E-state index contributed by atoms with van der Waals surface area (Å²) >= 11 is 0. The van der Waals surface area contributed by atoms with Gasteiger partial charge in [-0.15, -0.1) is 0 Å². The fraction of sp³-hybridized carbons (Fsp3) is 0.440. The Morgan fingerprint density at radius 2 is 1.74 bits per heavy atom. The van der Waals surface area contributed by atoms with Crippen molar-refractivity contribution in [1.29, 1.82) is 0 Å². The fourth-order valence-electron chi connectivity index (χ4n) is 3.86. The number of nitrogens with zero attached hydrogens (tertiary/aromatic N) is 2. The summed E-state index contributed by atoms with van der Waals surface area (Å²) in [5.41, 5.74) is 1.35. The van der Waals surface area contributed by atoms with Crippen LogP contribution in [0.1, 0.15) is 30.9 Å². The van der Waals surface area contributed by atoms with E-state index >= 15 is 0 Å². The van der Waals surface area contributed by atoms with Crippen molar-refractivity contribution in [2.24, 2.45) is 0 Å². The zero-order valence-electron chi connectivity index (χ0n) is 20.0. The molecule has 1 aliphatic rings. The fourth-order valence-corrected chi connectivity index (χ4v) is 4.58. The molecule has 10 heteroatoms. The van der Waals surface area contributed by atoms with E-state index in [1.165, 1.54) is 29.2 Å². The smallest absolute Gasteiger partial charge is 0.242 e. The molecule has 0 radical (unpaired) electrons. The highest BCUT2D eigenvalue weighted by molar-refractivity contribution is 7.88. The lowest BCUT2D eigenvalue weighted by atomic mass is 10.1. The maximum atomic E-state index is 13.4. The molecule has 1 fully saturated rings. The van der Waals surface area contributed by atoms with Crippen LogP contribution >= 0.6 is 0 Å². The first-order valence-electron chi connectivity index (χ1n) is 11.6. The molecule has 0 aliphatic carbocycles. The van der Waals surface area contributed by atoms with Gasteiger partial charge in [0, 0.05) is 26.2 Å². The molecular formula is C25H32FN3O5S. The lowest BCUT2D eigenvalue weighted by molar-refractivity contribution is -0.141. The van der Waals surface area contributed by atoms with Crippen LogP contribution in [0, 0.1) is 5.82 Å². The van der Waals surface area contributed by atoms with Gasteiger partial charge in [-0.05, 0) is 43.0 Å². The van der Waals surface area contributed by atoms with E-state index < -0.39 is 34.3 Å². The van der Waals surface area contributed by atoms with Gasteiger partial charge in [0.1, 0.15) is 11.9 Å². The third-order valence-electron chi connectivity index (χ3n) is 5.94. The molecule has 0 saturated carbocycles. The van der Waals surface area contributed by atoms with E-state index in [-0.39, 0.29) is 25.1 Å². The summed E-state index contributed by atoms with van der Waals surface area (Å²) in [6, 6.07) is 13.7. The van der Waals surface area contributed by atoms with Crippen LogP contribution in [0.4, 0.5) is 4.39 Å². The second kappa shape index (κ2) is 12.2. The highest BCUT2D eigenvalue weighted by Crippen LogP contribution is 2.15. The van der Waals surface area contributed by atoms with Crippen LogP contribution in [-0.2, 0) is 37.4 Å². The van der Waals surface area contributed by atoms with Crippen LogP contribution in [-0.4, -0.2) is 67.5 Å². The Hall–Kier alpha value is -2.82. The largest absolute Gasteiger partial charge is 0.376 e. The number of benzene rings is 2. The van der Waals surface area contributed by atoms with Crippen LogP contribution in [0.2, 0.25) is 0 Å². The number of hydrogen-bond acceptors (Lipinski definition) is 5. The summed E-state index contributed by atoms with van der Waals surface area (Å²) in [5.74, 6) is -1.32. The lowest BCUT2D eigenvalue weighted by Crippen LogP contribution is -2.51. The molecule has 2 atom stereocenters. The topological polar surface area (TPSA) is 96.0 Å². The maximum Gasteiger partial charge on any atom is 0.242 e. The summed E-state index contributed by atoms with van der Waals surface area (Å²) in [6.07, 6.45) is 2.79. The molecule has 3 rings (SSSR count). The molecule has 1 heterocycles. The first-order chi connectivity index (χ1) is 16.6. The van der Waals surface area contributed by atoms with Crippen molar-refractivity contribution in [3.8, 4) is 0 Å². The highest BCUT2D eigenvalue weighted by atomic mass is 32.2. The van der Waals surface area contributed by atoms with Gasteiger partial charge in [0.2, 0.25) is 21.8 Å². The molecule has 8 nitrogen and oxygen atoms in total. The van der Waals surface area contributed by atoms with Gasteiger partial charge in [-0.1, -0.05) is 42.5 Å². The average molecular weight is 506 g/mol. The van der Waals surface area contributed by atoms with Crippen molar-refractivity contribution in [2.45, 2.75) is 45.0 Å². The Labute approximate surface area is 206 Å². The molecule has 1 N–H and O–H groups in total. The van der Waals surface area contributed by atoms with Crippen LogP contribution < -0.4 is 5.32 Å². The normalized spacial score (nSPS) is 16.7. The number of carbonyl (C=O) groups excluding carboxylic acids is 2. The second-order valence-corrected chi connectivity index (χ2v) is 10.7. The standard InChI is InChI=1S/C25H32FN3O5S/c1-19(25(31)27-15-23-9-6-14-34-23)29(17-21-10-12-22(26)13-11-21)24(30)18-28(35(2,32)33)16-20-7-4-3-5-8-20/h3-5,7-8,10-13,19,23H,6,9,14-18H2,1-2H3,(H,27,31). The third-order valence-corrected chi connectivity index (χ3v) is 7.14. The zero-order valence-corrected chi connectivity index (χ0v) is 20.8. The summed E-state index contributed by atoms with van der Waals surface area (Å²) in [6.45, 7) is 2.21. The van der Waals surface area contributed by atoms with Gasteiger partial charge in [-0.25, -0.2) is 12.8 Å². The van der Waals surface area contributed by atoms with Gasteiger partial charge in [0.25, 0.3) is 0 Å². The van der Waals surface area contributed by atoms with Gasteiger partial charge >= 0.3 is 0 Å². The summed E-state index contributed by atoms with van der Waals surface area (Å²) in [7, 11) is -3.72. The number of halogens is 1. The number of amides is 2. The number of ether oxygens (including phenoxy) is 1. The monoisotopic (exact) mass is 505 g/mol. The molecule has 2 amide bonds. The molecule has 0 bridgehead atoms. The van der Waals surface area contributed by atoms with Crippen molar-refractivity contribution < 1.29 is 27.1 Å². The van der Waals surface area contributed by atoms with Gasteiger partial charge < -0.3 is 15.0 Å². The molecule has 2 unspecified atom stereocenters. The van der Waals surface area contributed by atoms with Gasteiger partial charge in [-0.3, -0.25) is 9.59 Å². The molecular weight excluding hydrogens is 473 g/mol. The minimum Gasteiger partial charge on any atom is -0.376 e. The number of sulfonamides is 1. The van der Waals surface area contributed by atoms with Crippen molar-refractivity contribution in [2.75, 3.05) is 26.0 Å². The molecule has 2 aromatic rings. The Balaban J connectivity index is 1.77. The quantitative estimate of drug-likeness (QED) is 0.506.